The van der Waals surface area contributed by atoms with Crippen LogP contribution in [0.5, 0.6) is 0 Å². The van der Waals surface area contributed by atoms with E-state index >= 15 is 0 Å². The molecule has 0 radical (unpaired) electrons. The molecular weight excluding hydrogens is 272 g/mol. The fraction of sp³-hybridized carbons (Fsp3) is 0.250. The summed E-state index contributed by atoms with van der Waals surface area (Å²) in [5.74, 6) is 0. The Bertz CT molecular complexity index is 443. The van der Waals surface area contributed by atoms with Crippen molar-refractivity contribution < 1.29 is 5.11 Å². The average molecular weight is 290 g/mol. The average Bonchev–Trinajstić information content (AvgIpc) is 2.41. The first-order valence-corrected chi connectivity index (χ1v) is 7.94. The molecule has 2 aromatic rings. The van der Waals surface area contributed by atoms with E-state index in [1.165, 1.54) is 9.79 Å². The van der Waals surface area contributed by atoms with Crippen LogP contribution >= 0.6 is 23.5 Å². The number of aliphatic hydroxyl groups excluding tert-OH is 1. The number of aliphatic hydroxyl groups is 1. The van der Waals surface area contributed by atoms with Crippen molar-refractivity contribution >= 4 is 23.5 Å². The summed E-state index contributed by atoms with van der Waals surface area (Å²) in [6.45, 7) is 2.40. The maximum absolute atomic E-state index is 9.33. The minimum absolute atomic E-state index is 0.0581. The first-order valence-electron chi connectivity index (χ1n) is 6.31. The van der Waals surface area contributed by atoms with E-state index in [0.717, 1.165) is 6.42 Å². The third-order valence-corrected chi connectivity index (χ3v) is 5.51. The van der Waals surface area contributed by atoms with Gasteiger partial charge in [-0.05, 0) is 37.6 Å². The lowest BCUT2D eigenvalue weighted by Crippen LogP contribution is -2.16. The van der Waals surface area contributed by atoms with E-state index in [0.29, 0.717) is 0 Å². The molecule has 0 aromatic heterocycles. The SMILES string of the molecule is CC(CCO)(Sc1ccccc1)Sc1ccccc1. The Kier molecular flexibility index (Phi) is 5.37. The molecular formula is C16H18OS2. The fourth-order valence-corrected chi connectivity index (χ4v) is 4.52. The van der Waals surface area contributed by atoms with Gasteiger partial charge in [-0.3, -0.25) is 0 Å². The van der Waals surface area contributed by atoms with Gasteiger partial charge in [0.2, 0.25) is 0 Å². The molecule has 3 heteroatoms. The van der Waals surface area contributed by atoms with Gasteiger partial charge in [-0.2, -0.15) is 0 Å². The minimum atomic E-state index is -0.0581. The fourth-order valence-electron chi connectivity index (χ4n) is 1.80. The molecule has 0 aliphatic carbocycles. The van der Waals surface area contributed by atoms with Crippen molar-refractivity contribution in [3.05, 3.63) is 60.7 Å². The maximum Gasteiger partial charge on any atom is 0.0698 e. The summed E-state index contributed by atoms with van der Waals surface area (Å²) in [5.41, 5.74) is 0. The van der Waals surface area contributed by atoms with Crippen LogP contribution in [0.2, 0.25) is 0 Å². The Morgan fingerprint density at radius 3 is 1.63 bits per heavy atom. The first-order chi connectivity index (χ1) is 9.22. The van der Waals surface area contributed by atoms with E-state index in [1.54, 1.807) is 0 Å². The third-order valence-electron chi connectivity index (χ3n) is 2.72. The van der Waals surface area contributed by atoms with Crippen molar-refractivity contribution in [3.8, 4) is 0 Å². The van der Waals surface area contributed by atoms with Gasteiger partial charge in [-0.1, -0.05) is 36.4 Å². The molecule has 0 aliphatic heterocycles. The highest BCUT2D eigenvalue weighted by Crippen LogP contribution is 2.47. The van der Waals surface area contributed by atoms with Crippen molar-refractivity contribution in [2.75, 3.05) is 6.61 Å². The van der Waals surface area contributed by atoms with Crippen LogP contribution in [0.15, 0.2) is 70.5 Å². The number of thioether (sulfide) groups is 2. The predicted molar refractivity (Wildman–Crippen MR) is 84.7 cm³/mol. The molecule has 2 rings (SSSR count). The summed E-state index contributed by atoms with van der Waals surface area (Å²) < 4.78 is -0.0581. The van der Waals surface area contributed by atoms with Crippen LogP contribution in [0.25, 0.3) is 0 Å². The molecule has 19 heavy (non-hydrogen) atoms. The van der Waals surface area contributed by atoms with Crippen molar-refractivity contribution in [1.29, 1.82) is 0 Å². The molecule has 0 fully saturated rings. The molecule has 0 spiro atoms. The van der Waals surface area contributed by atoms with Gasteiger partial charge in [0.15, 0.2) is 0 Å². The van der Waals surface area contributed by atoms with E-state index in [9.17, 15) is 5.11 Å². The normalized spacial score (nSPS) is 11.5. The minimum Gasteiger partial charge on any atom is -0.396 e. The molecule has 0 bridgehead atoms. The predicted octanol–water partition coefficient (Wildman–Crippen LogP) is 4.67. The second-order valence-corrected chi connectivity index (χ2v) is 7.85. The van der Waals surface area contributed by atoms with Crippen LogP contribution in [-0.4, -0.2) is 15.8 Å². The molecule has 0 heterocycles. The van der Waals surface area contributed by atoms with Crippen LogP contribution in [0.3, 0.4) is 0 Å². The Labute approximate surface area is 123 Å². The van der Waals surface area contributed by atoms with Crippen LogP contribution in [0, 0.1) is 0 Å². The Morgan fingerprint density at radius 2 is 1.26 bits per heavy atom. The highest BCUT2D eigenvalue weighted by Gasteiger charge is 2.26. The number of rotatable bonds is 6. The van der Waals surface area contributed by atoms with Gasteiger partial charge in [0, 0.05) is 16.4 Å². The van der Waals surface area contributed by atoms with Crippen LogP contribution in [0.4, 0.5) is 0 Å². The van der Waals surface area contributed by atoms with Crippen LogP contribution < -0.4 is 0 Å². The lowest BCUT2D eigenvalue weighted by molar-refractivity contribution is 0.285. The molecule has 0 amide bonds. The zero-order valence-electron chi connectivity index (χ0n) is 11.0. The van der Waals surface area contributed by atoms with E-state index in [2.05, 4.69) is 55.5 Å². The summed E-state index contributed by atoms with van der Waals surface area (Å²) in [7, 11) is 0. The van der Waals surface area contributed by atoms with Gasteiger partial charge < -0.3 is 5.11 Å². The van der Waals surface area contributed by atoms with Gasteiger partial charge in [-0.15, -0.1) is 23.5 Å². The highest BCUT2D eigenvalue weighted by atomic mass is 32.2. The summed E-state index contributed by atoms with van der Waals surface area (Å²) in [6.07, 6.45) is 0.756. The van der Waals surface area contributed by atoms with Crippen molar-refractivity contribution in [1.82, 2.24) is 0 Å². The summed E-state index contributed by atoms with van der Waals surface area (Å²) in [5, 5.41) is 9.33. The Hall–Kier alpha value is -0.900. The van der Waals surface area contributed by atoms with Crippen molar-refractivity contribution in [2.24, 2.45) is 0 Å². The van der Waals surface area contributed by atoms with Gasteiger partial charge >= 0.3 is 0 Å². The summed E-state index contributed by atoms with van der Waals surface area (Å²) in [4.78, 5) is 2.48. The van der Waals surface area contributed by atoms with Crippen molar-refractivity contribution in [3.63, 3.8) is 0 Å². The standard InChI is InChI=1S/C16H18OS2/c1-16(12-13-17,18-14-8-4-2-5-9-14)19-15-10-6-3-7-11-15/h2-11,17H,12-13H2,1H3. The van der Waals surface area contributed by atoms with Crippen LogP contribution in [0.1, 0.15) is 13.3 Å². The van der Waals surface area contributed by atoms with Crippen molar-refractivity contribution in [2.45, 2.75) is 27.2 Å². The molecule has 0 saturated carbocycles. The van der Waals surface area contributed by atoms with Crippen LogP contribution in [-0.2, 0) is 0 Å². The topological polar surface area (TPSA) is 20.2 Å². The zero-order valence-corrected chi connectivity index (χ0v) is 12.6. The quantitative estimate of drug-likeness (QED) is 0.616. The van der Waals surface area contributed by atoms with Gasteiger partial charge in [0.05, 0.1) is 4.08 Å². The monoisotopic (exact) mass is 290 g/mol. The molecule has 0 saturated heterocycles. The molecule has 1 nitrogen and oxygen atoms in total. The van der Waals surface area contributed by atoms with E-state index in [-0.39, 0.29) is 10.7 Å². The summed E-state index contributed by atoms with van der Waals surface area (Å²) >= 11 is 3.63. The van der Waals surface area contributed by atoms with Gasteiger partial charge in [0.25, 0.3) is 0 Å². The Morgan fingerprint density at radius 1 is 0.842 bits per heavy atom. The third kappa shape index (κ3) is 4.60. The highest BCUT2D eigenvalue weighted by molar-refractivity contribution is 8.18. The second kappa shape index (κ2) is 7.04. The largest absolute Gasteiger partial charge is 0.396 e. The summed E-state index contributed by atoms with van der Waals surface area (Å²) in [6, 6.07) is 20.7. The molecule has 0 aliphatic rings. The molecule has 100 valence electrons. The Balaban J connectivity index is 2.13. The lowest BCUT2D eigenvalue weighted by atomic mass is 10.3. The molecule has 2 aromatic carbocycles. The second-order valence-electron chi connectivity index (χ2n) is 4.44. The number of benzene rings is 2. The number of hydrogen-bond donors (Lipinski definition) is 1. The lowest BCUT2D eigenvalue weighted by Gasteiger charge is -2.27. The van der Waals surface area contributed by atoms with E-state index in [1.807, 2.05) is 35.7 Å². The maximum atomic E-state index is 9.33. The molecule has 1 N–H and O–H groups in total. The van der Waals surface area contributed by atoms with Gasteiger partial charge in [0.1, 0.15) is 0 Å². The smallest absolute Gasteiger partial charge is 0.0698 e. The molecule has 0 unspecified atom stereocenters. The van der Waals surface area contributed by atoms with E-state index < -0.39 is 0 Å². The van der Waals surface area contributed by atoms with E-state index in [4.69, 9.17) is 0 Å². The zero-order chi connectivity index (χ0) is 13.6. The molecule has 0 atom stereocenters. The first kappa shape index (κ1) is 14.5. The van der Waals surface area contributed by atoms with Gasteiger partial charge in [-0.25, -0.2) is 0 Å². The number of hydrogen-bond acceptors (Lipinski definition) is 3.